The van der Waals surface area contributed by atoms with Crippen LogP contribution in [0.2, 0.25) is 0 Å². The molecule has 1 fully saturated rings. The van der Waals surface area contributed by atoms with Crippen molar-refractivity contribution in [1.82, 2.24) is 4.90 Å². The molecule has 1 heterocycles. The highest BCUT2D eigenvalue weighted by Gasteiger charge is 2.48. The molecule has 4 nitrogen and oxygen atoms in total. The van der Waals surface area contributed by atoms with Crippen LogP contribution in [-0.4, -0.2) is 48.8 Å². The summed E-state index contributed by atoms with van der Waals surface area (Å²) in [6.07, 6.45) is -0.176. The molecule has 0 unspecified atom stereocenters. The topological polar surface area (TPSA) is 60.8 Å². The number of aliphatic hydroxyl groups is 2. The molecule has 108 valence electrons. The molecule has 19 heavy (non-hydrogen) atoms. The first-order valence-electron chi connectivity index (χ1n) is 6.07. The van der Waals surface area contributed by atoms with Crippen LogP contribution in [0.25, 0.3) is 0 Å². The lowest BCUT2D eigenvalue weighted by Crippen LogP contribution is -2.58. The van der Waals surface area contributed by atoms with Gasteiger partial charge in [-0.1, -0.05) is 50.8 Å². The molecule has 0 spiro atoms. The van der Waals surface area contributed by atoms with Gasteiger partial charge in [-0.2, -0.15) is 0 Å². The van der Waals surface area contributed by atoms with E-state index in [0.717, 1.165) is 6.08 Å². The second-order valence-electron chi connectivity index (χ2n) is 5.96. The number of aliphatic hydroxyl groups excluding tert-OH is 1. The summed E-state index contributed by atoms with van der Waals surface area (Å²) in [6, 6.07) is -0.0963. The minimum atomic E-state index is -1.92. The quantitative estimate of drug-likeness (QED) is 0.612. The molecule has 1 aliphatic rings. The Morgan fingerprint density at radius 2 is 2.11 bits per heavy atom. The van der Waals surface area contributed by atoms with Gasteiger partial charge in [0.15, 0.2) is 5.60 Å². The number of carbonyl (C=O) groups excluding carboxylic acids is 1. The van der Waals surface area contributed by atoms with Gasteiger partial charge in [0, 0.05) is 5.75 Å². The van der Waals surface area contributed by atoms with Gasteiger partial charge in [0.25, 0.3) is 5.91 Å². The van der Waals surface area contributed by atoms with Gasteiger partial charge in [-0.05, 0) is 12.3 Å². The van der Waals surface area contributed by atoms with Crippen LogP contribution in [0.3, 0.4) is 0 Å². The first-order chi connectivity index (χ1) is 8.53. The number of rotatable bonds is 3. The number of hydrogen-bond acceptors (Lipinski definition) is 5. The summed E-state index contributed by atoms with van der Waals surface area (Å²) in [7, 11) is 0. The first kappa shape index (κ1) is 16.6. The van der Waals surface area contributed by atoms with Crippen LogP contribution < -0.4 is 0 Å². The second kappa shape index (κ2) is 5.52. The maximum absolute atomic E-state index is 12.5. The molecule has 0 saturated carbocycles. The minimum Gasteiger partial charge on any atom is -0.385 e. The lowest BCUT2D eigenvalue weighted by molar-refractivity contribution is -0.156. The third kappa shape index (κ3) is 3.18. The standard InChI is InChI=1S/C13H21NO3S2/c1-6-9(15)13(5,17)10(16)14-8(12(2,3)4)7-19-11(14)18/h6,8-9,15,17H,1,7H2,2-5H3/t8-,9+,13+/m1/s1. The molecule has 0 aliphatic carbocycles. The van der Waals surface area contributed by atoms with Gasteiger partial charge in [-0.25, -0.2) is 0 Å². The van der Waals surface area contributed by atoms with E-state index in [1.54, 1.807) is 0 Å². The largest absolute Gasteiger partial charge is 0.385 e. The van der Waals surface area contributed by atoms with Crippen molar-refractivity contribution in [2.24, 2.45) is 5.41 Å². The van der Waals surface area contributed by atoms with E-state index >= 15 is 0 Å². The summed E-state index contributed by atoms with van der Waals surface area (Å²) in [5, 5.41) is 20.0. The summed E-state index contributed by atoms with van der Waals surface area (Å²) in [5.41, 5.74) is -2.07. The maximum atomic E-state index is 12.5. The normalized spacial score (nSPS) is 25.1. The van der Waals surface area contributed by atoms with E-state index in [1.165, 1.54) is 23.6 Å². The van der Waals surface area contributed by atoms with Crippen LogP contribution in [0.1, 0.15) is 27.7 Å². The van der Waals surface area contributed by atoms with Crippen LogP contribution in [0.4, 0.5) is 0 Å². The zero-order valence-electron chi connectivity index (χ0n) is 11.7. The SMILES string of the molecule is C=C[C@H](O)[C@](C)(O)C(=O)N1C(=S)SC[C@@H]1C(C)(C)C. The lowest BCUT2D eigenvalue weighted by atomic mass is 9.85. The van der Waals surface area contributed by atoms with Crippen molar-refractivity contribution in [2.75, 3.05) is 5.75 Å². The van der Waals surface area contributed by atoms with Crippen LogP contribution >= 0.6 is 24.0 Å². The van der Waals surface area contributed by atoms with E-state index in [0.29, 0.717) is 10.1 Å². The van der Waals surface area contributed by atoms with Crippen molar-refractivity contribution < 1.29 is 15.0 Å². The highest BCUT2D eigenvalue weighted by molar-refractivity contribution is 8.23. The van der Waals surface area contributed by atoms with E-state index in [4.69, 9.17) is 12.2 Å². The summed E-state index contributed by atoms with van der Waals surface area (Å²) in [5.74, 6) is 0.128. The second-order valence-corrected chi connectivity index (χ2v) is 7.62. The fraction of sp³-hybridized carbons (Fsp3) is 0.692. The molecule has 2 N–H and O–H groups in total. The van der Waals surface area contributed by atoms with Gasteiger partial charge in [0.1, 0.15) is 10.4 Å². The molecular formula is C13H21NO3S2. The fourth-order valence-corrected chi connectivity index (χ4v) is 3.60. The molecule has 0 aromatic carbocycles. The van der Waals surface area contributed by atoms with Gasteiger partial charge in [0.05, 0.1) is 6.04 Å². The van der Waals surface area contributed by atoms with E-state index in [2.05, 4.69) is 6.58 Å². The van der Waals surface area contributed by atoms with Crippen molar-refractivity contribution >= 4 is 34.2 Å². The highest BCUT2D eigenvalue weighted by Crippen LogP contribution is 2.37. The lowest BCUT2D eigenvalue weighted by Gasteiger charge is -2.38. The van der Waals surface area contributed by atoms with Crippen molar-refractivity contribution in [3.05, 3.63) is 12.7 Å². The number of thioether (sulfide) groups is 1. The zero-order valence-corrected chi connectivity index (χ0v) is 13.3. The molecule has 6 heteroatoms. The van der Waals surface area contributed by atoms with Crippen molar-refractivity contribution in [1.29, 1.82) is 0 Å². The van der Waals surface area contributed by atoms with Crippen molar-refractivity contribution in [2.45, 2.75) is 45.4 Å². The summed E-state index contributed by atoms with van der Waals surface area (Å²) < 4.78 is 0.446. The molecule has 0 bridgehead atoms. The third-order valence-corrected chi connectivity index (χ3v) is 4.80. The molecule has 3 atom stereocenters. The Morgan fingerprint density at radius 1 is 1.58 bits per heavy atom. The van der Waals surface area contributed by atoms with Crippen LogP contribution in [0.5, 0.6) is 0 Å². The number of carbonyl (C=O) groups is 1. The van der Waals surface area contributed by atoms with E-state index in [-0.39, 0.29) is 11.5 Å². The maximum Gasteiger partial charge on any atom is 0.263 e. The third-order valence-electron chi connectivity index (χ3n) is 3.32. The summed E-state index contributed by atoms with van der Waals surface area (Å²) in [4.78, 5) is 13.9. The Morgan fingerprint density at radius 3 is 2.53 bits per heavy atom. The predicted octanol–water partition coefficient (Wildman–Crippen LogP) is 1.56. The number of nitrogens with zero attached hydrogens (tertiary/aromatic N) is 1. The Hall–Kier alpha value is -0.430. The Balaban J connectivity index is 3.09. The van der Waals surface area contributed by atoms with Gasteiger partial charge in [-0.15, -0.1) is 6.58 Å². The van der Waals surface area contributed by atoms with Gasteiger partial charge < -0.3 is 10.2 Å². The number of hydrogen-bond donors (Lipinski definition) is 2. The van der Waals surface area contributed by atoms with E-state index < -0.39 is 17.6 Å². The Bertz CT molecular complexity index is 401. The Labute approximate surface area is 123 Å². The molecule has 1 saturated heterocycles. The number of amides is 1. The molecule has 1 amide bonds. The molecule has 1 aliphatic heterocycles. The van der Waals surface area contributed by atoms with E-state index in [9.17, 15) is 15.0 Å². The predicted molar refractivity (Wildman–Crippen MR) is 82.0 cm³/mol. The summed E-state index contributed by atoms with van der Waals surface area (Å²) in [6.45, 7) is 10.7. The smallest absolute Gasteiger partial charge is 0.263 e. The zero-order chi connectivity index (χ0) is 15.0. The van der Waals surface area contributed by atoms with Gasteiger partial charge in [-0.3, -0.25) is 9.69 Å². The summed E-state index contributed by atoms with van der Waals surface area (Å²) >= 11 is 6.63. The van der Waals surface area contributed by atoms with Crippen LogP contribution in [-0.2, 0) is 4.79 Å². The first-order valence-corrected chi connectivity index (χ1v) is 7.46. The van der Waals surface area contributed by atoms with Gasteiger partial charge in [0.2, 0.25) is 0 Å². The molecular weight excluding hydrogens is 282 g/mol. The molecule has 0 radical (unpaired) electrons. The minimum absolute atomic E-state index is 0.0963. The molecule has 1 rings (SSSR count). The van der Waals surface area contributed by atoms with Crippen LogP contribution in [0, 0.1) is 5.41 Å². The average Bonchev–Trinajstić information content (AvgIpc) is 2.68. The van der Waals surface area contributed by atoms with Crippen molar-refractivity contribution in [3.8, 4) is 0 Å². The highest BCUT2D eigenvalue weighted by atomic mass is 32.2. The number of thiocarbonyl (C=S) groups is 1. The molecule has 0 aromatic heterocycles. The molecule has 0 aromatic rings. The van der Waals surface area contributed by atoms with Crippen LogP contribution in [0.15, 0.2) is 12.7 Å². The van der Waals surface area contributed by atoms with Gasteiger partial charge >= 0.3 is 0 Å². The van der Waals surface area contributed by atoms with Crippen molar-refractivity contribution in [3.63, 3.8) is 0 Å². The average molecular weight is 303 g/mol. The monoisotopic (exact) mass is 303 g/mol. The van der Waals surface area contributed by atoms with E-state index in [1.807, 2.05) is 20.8 Å². The fourth-order valence-electron chi connectivity index (χ4n) is 1.88. The Kier molecular flexibility index (Phi) is 4.83.